The first-order valence-electron chi connectivity index (χ1n) is 8.68. The minimum atomic E-state index is -0.233. The van der Waals surface area contributed by atoms with Crippen molar-refractivity contribution >= 4 is 17.8 Å². The number of carbonyl (C=O) groups excluding carboxylic acids is 2. The zero-order valence-corrected chi connectivity index (χ0v) is 15.3. The SMILES string of the molecule is CNC(=O)[C@@H]1CCN(Cc2ccc(C(=O)Nc3nc(C)n(C)n3)cc2)C1. The molecule has 1 aliphatic heterocycles. The Hall–Kier alpha value is -2.74. The third-order valence-electron chi connectivity index (χ3n) is 4.72. The van der Waals surface area contributed by atoms with E-state index in [1.54, 1.807) is 30.9 Å². The van der Waals surface area contributed by atoms with Gasteiger partial charge in [-0.1, -0.05) is 12.1 Å². The first-order chi connectivity index (χ1) is 12.5. The van der Waals surface area contributed by atoms with E-state index in [0.29, 0.717) is 11.5 Å². The van der Waals surface area contributed by atoms with E-state index < -0.39 is 0 Å². The summed E-state index contributed by atoms with van der Waals surface area (Å²) >= 11 is 0. The molecule has 8 heteroatoms. The van der Waals surface area contributed by atoms with Gasteiger partial charge in [-0.25, -0.2) is 0 Å². The van der Waals surface area contributed by atoms with Crippen molar-refractivity contribution in [1.29, 1.82) is 0 Å². The van der Waals surface area contributed by atoms with Crippen LogP contribution < -0.4 is 10.6 Å². The Morgan fingerprint density at radius 2 is 2.00 bits per heavy atom. The summed E-state index contributed by atoms with van der Waals surface area (Å²) in [4.78, 5) is 30.4. The standard InChI is InChI=1S/C18H24N6O2/c1-12-20-18(22-23(12)3)21-17(26)14-6-4-13(5-7-14)10-24-9-8-15(11-24)16(25)19-2/h4-7,15H,8-11H2,1-3H3,(H,19,25)(H,21,22,26)/t15-/m1/s1. The van der Waals surface area contributed by atoms with Gasteiger partial charge in [0.05, 0.1) is 5.92 Å². The Morgan fingerprint density at radius 1 is 1.27 bits per heavy atom. The summed E-state index contributed by atoms with van der Waals surface area (Å²) in [5.41, 5.74) is 1.68. The second kappa shape index (κ2) is 7.65. The molecule has 1 aliphatic rings. The number of hydrogen-bond donors (Lipinski definition) is 2. The van der Waals surface area contributed by atoms with Crippen LogP contribution in [-0.4, -0.2) is 51.6 Å². The lowest BCUT2D eigenvalue weighted by Crippen LogP contribution is -2.30. The molecule has 0 bridgehead atoms. The van der Waals surface area contributed by atoms with E-state index in [1.165, 1.54) is 0 Å². The zero-order valence-electron chi connectivity index (χ0n) is 15.3. The molecular weight excluding hydrogens is 332 g/mol. The van der Waals surface area contributed by atoms with Crippen LogP contribution in [0.3, 0.4) is 0 Å². The maximum Gasteiger partial charge on any atom is 0.258 e. The van der Waals surface area contributed by atoms with Gasteiger partial charge in [0.2, 0.25) is 11.9 Å². The fourth-order valence-electron chi connectivity index (χ4n) is 3.10. The van der Waals surface area contributed by atoms with Crippen LogP contribution in [0, 0.1) is 12.8 Å². The number of anilines is 1. The van der Waals surface area contributed by atoms with Gasteiger partial charge < -0.3 is 5.32 Å². The molecule has 2 aromatic rings. The number of nitrogens with one attached hydrogen (secondary N) is 2. The molecule has 1 saturated heterocycles. The molecule has 0 saturated carbocycles. The van der Waals surface area contributed by atoms with Gasteiger partial charge in [-0.05, 0) is 37.6 Å². The number of benzene rings is 1. The highest BCUT2D eigenvalue weighted by atomic mass is 16.2. The molecule has 1 fully saturated rings. The summed E-state index contributed by atoms with van der Waals surface area (Å²) < 4.78 is 1.61. The first kappa shape index (κ1) is 18.1. The Kier molecular flexibility index (Phi) is 5.32. The number of hydrogen-bond acceptors (Lipinski definition) is 5. The summed E-state index contributed by atoms with van der Waals surface area (Å²) in [6, 6.07) is 7.48. The van der Waals surface area contributed by atoms with E-state index >= 15 is 0 Å². The van der Waals surface area contributed by atoms with Crippen molar-refractivity contribution in [2.45, 2.75) is 19.9 Å². The number of likely N-dealkylation sites (tertiary alicyclic amines) is 1. The van der Waals surface area contributed by atoms with Crippen molar-refractivity contribution in [3.8, 4) is 0 Å². The smallest absolute Gasteiger partial charge is 0.258 e. The van der Waals surface area contributed by atoms with E-state index in [1.807, 2.05) is 19.1 Å². The lowest BCUT2D eigenvalue weighted by Gasteiger charge is -2.16. The summed E-state index contributed by atoms with van der Waals surface area (Å²) in [5, 5.41) is 9.54. The Balaban J connectivity index is 1.56. The van der Waals surface area contributed by atoms with Gasteiger partial charge in [-0.15, -0.1) is 5.10 Å². The topological polar surface area (TPSA) is 92.2 Å². The third kappa shape index (κ3) is 4.08. The fraction of sp³-hybridized carbons (Fsp3) is 0.444. The molecule has 0 spiro atoms. The zero-order chi connectivity index (χ0) is 18.7. The van der Waals surface area contributed by atoms with Crippen LogP contribution in [0.2, 0.25) is 0 Å². The minimum Gasteiger partial charge on any atom is -0.359 e. The summed E-state index contributed by atoms with van der Waals surface area (Å²) in [6.45, 7) is 4.28. The summed E-state index contributed by atoms with van der Waals surface area (Å²) in [5.74, 6) is 0.980. The molecule has 3 rings (SSSR count). The molecule has 0 radical (unpaired) electrons. The number of aryl methyl sites for hydroxylation is 2. The van der Waals surface area contributed by atoms with Crippen LogP contribution in [0.5, 0.6) is 0 Å². The molecule has 2 N–H and O–H groups in total. The summed E-state index contributed by atoms with van der Waals surface area (Å²) in [7, 11) is 3.45. The predicted molar refractivity (Wildman–Crippen MR) is 97.6 cm³/mol. The Morgan fingerprint density at radius 3 is 2.62 bits per heavy atom. The average Bonchev–Trinajstić information content (AvgIpc) is 3.21. The van der Waals surface area contributed by atoms with E-state index in [9.17, 15) is 9.59 Å². The van der Waals surface area contributed by atoms with E-state index in [0.717, 1.165) is 37.4 Å². The van der Waals surface area contributed by atoms with Crippen LogP contribution in [-0.2, 0) is 18.4 Å². The van der Waals surface area contributed by atoms with E-state index in [2.05, 4.69) is 25.6 Å². The maximum absolute atomic E-state index is 12.3. The highest BCUT2D eigenvalue weighted by molar-refractivity contribution is 6.03. The number of carbonyl (C=O) groups is 2. The van der Waals surface area contributed by atoms with Crippen molar-refractivity contribution in [2.24, 2.45) is 13.0 Å². The normalized spacial score (nSPS) is 17.3. The molecule has 26 heavy (non-hydrogen) atoms. The highest BCUT2D eigenvalue weighted by Gasteiger charge is 2.27. The van der Waals surface area contributed by atoms with Gasteiger partial charge in [-0.2, -0.15) is 4.98 Å². The highest BCUT2D eigenvalue weighted by Crippen LogP contribution is 2.19. The molecule has 1 aromatic carbocycles. The second-order valence-corrected chi connectivity index (χ2v) is 6.59. The number of rotatable bonds is 5. The number of amides is 2. The molecule has 2 amide bonds. The minimum absolute atomic E-state index is 0.0689. The average molecular weight is 356 g/mol. The van der Waals surface area contributed by atoms with Crippen molar-refractivity contribution in [3.63, 3.8) is 0 Å². The Labute approximate surface area is 152 Å². The number of nitrogens with zero attached hydrogens (tertiary/aromatic N) is 4. The van der Waals surface area contributed by atoms with Gasteiger partial charge in [-0.3, -0.25) is 24.5 Å². The molecule has 0 aliphatic carbocycles. The molecule has 8 nitrogen and oxygen atoms in total. The van der Waals surface area contributed by atoms with Gasteiger partial charge in [0.15, 0.2) is 0 Å². The predicted octanol–water partition coefficient (Wildman–Crippen LogP) is 0.944. The monoisotopic (exact) mass is 356 g/mol. The molecule has 138 valence electrons. The van der Waals surface area contributed by atoms with Gasteiger partial charge in [0, 0.05) is 32.7 Å². The van der Waals surface area contributed by atoms with Gasteiger partial charge in [0.25, 0.3) is 5.91 Å². The maximum atomic E-state index is 12.3. The lowest BCUT2D eigenvalue weighted by atomic mass is 10.1. The Bertz CT molecular complexity index is 779. The molecule has 1 atom stereocenters. The van der Waals surface area contributed by atoms with E-state index in [4.69, 9.17) is 0 Å². The number of aromatic nitrogens is 3. The van der Waals surface area contributed by atoms with Gasteiger partial charge in [0.1, 0.15) is 5.82 Å². The third-order valence-corrected chi connectivity index (χ3v) is 4.72. The second-order valence-electron chi connectivity index (χ2n) is 6.59. The van der Waals surface area contributed by atoms with Crippen LogP contribution in [0.1, 0.15) is 28.2 Å². The van der Waals surface area contributed by atoms with Crippen LogP contribution in [0.25, 0.3) is 0 Å². The van der Waals surface area contributed by atoms with Crippen molar-refractivity contribution < 1.29 is 9.59 Å². The molecule has 1 aromatic heterocycles. The van der Waals surface area contributed by atoms with Crippen molar-refractivity contribution in [2.75, 3.05) is 25.5 Å². The lowest BCUT2D eigenvalue weighted by molar-refractivity contribution is -0.124. The van der Waals surface area contributed by atoms with Crippen LogP contribution in [0.15, 0.2) is 24.3 Å². The first-order valence-corrected chi connectivity index (χ1v) is 8.68. The fourth-order valence-corrected chi connectivity index (χ4v) is 3.10. The van der Waals surface area contributed by atoms with Crippen LogP contribution >= 0.6 is 0 Å². The molecule has 0 unspecified atom stereocenters. The molecular formula is C18H24N6O2. The largest absolute Gasteiger partial charge is 0.359 e. The van der Waals surface area contributed by atoms with Crippen molar-refractivity contribution in [3.05, 3.63) is 41.2 Å². The van der Waals surface area contributed by atoms with E-state index in [-0.39, 0.29) is 17.7 Å². The van der Waals surface area contributed by atoms with Crippen molar-refractivity contribution in [1.82, 2.24) is 25.0 Å². The van der Waals surface area contributed by atoms with Gasteiger partial charge >= 0.3 is 0 Å². The molecule has 2 heterocycles. The van der Waals surface area contributed by atoms with Crippen LogP contribution in [0.4, 0.5) is 5.95 Å². The quantitative estimate of drug-likeness (QED) is 0.832. The summed E-state index contributed by atoms with van der Waals surface area (Å²) in [6.07, 6.45) is 0.886.